The van der Waals surface area contributed by atoms with E-state index in [0.717, 1.165) is 17.0 Å². The van der Waals surface area contributed by atoms with Crippen LogP contribution in [0.4, 0.5) is 5.69 Å². The van der Waals surface area contributed by atoms with Crippen LogP contribution in [0.2, 0.25) is 5.02 Å². The lowest BCUT2D eigenvalue weighted by molar-refractivity contribution is -0.384. The average Bonchev–Trinajstić information content (AvgIpc) is 2.99. The van der Waals surface area contributed by atoms with Gasteiger partial charge in [-0.15, -0.1) is 0 Å². The molecule has 24 heavy (non-hydrogen) atoms. The molecule has 0 saturated carbocycles. The highest BCUT2D eigenvalue weighted by molar-refractivity contribution is 6.32. The highest BCUT2D eigenvalue weighted by atomic mass is 35.5. The van der Waals surface area contributed by atoms with Gasteiger partial charge in [-0.05, 0) is 31.2 Å². The van der Waals surface area contributed by atoms with Crippen molar-refractivity contribution in [2.75, 3.05) is 0 Å². The van der Waals surface area contributed by atoms with Crippen LogP contribution in [0.3, 0.4) is 0 Å². The molecular formula is C17H13ClN2O4. The zero-order valence-corrected chi connectivity index (χ0v) is 13.4. The molecule has 0 aliphatic heterocycles. The summed E-state index contributed by atoms with van der Waals surface area (Å²) in [5.41, 5.74) is 0.588. The predicted molar refractivity (Wildman–Crippen MR) is 90.2 cm³/mol. The highest BCUT2D eigenvalue weighted by Crippen LogP contribution is 2.26. The van der Waals surface area contributed by atoms with Crippen molar-refractivity contribution >= 4 is 34.2 Å². The number of hydrogen-bond donors (Lipinski definition) is 1. The largest absolute Gasteiger partial charge is 0.459 e. The number of hydrogen-bond acceptors (Lipinski definition) is 4. The smallest absolute Gasteiger partial charge is 0.288 e. The van der Waals surface area contributed by atoms with Gasteiger partial charge in [0, 0.05) is 17.0 Å². The van der Waals surface area contributed by atoms with E-state index in [-0.39, 0.29) is 22.3 Å². The molecule has 0 saturated heterocycles. The Morgan fingerprint density at radius 2 is 2.00 bits per heavy atom. The number of carbonyl (C=O) groups excluding carboxylic acids is 1. The monoisotopic (exact) mass is 344 g/mol. The van der Waals surface area contributed by atoms with E-state index in [1.165, 1.54) is 12.1 Å². The van der Waals surface area contributed by atoms with Gasteiger partial charge >= 0.3 is 0 Å². The summed E-state index contributed by atoms with van der Waals surface area (Å²) >= 11 is 5.75. The summed E-state index contributed by atoms with van der Waals surface area (Å²) in [5.74, 6) is 0.163. The maximum absolute atomic E-state index is 12.3. The third-order valence-corrected chi connectivity index (χ3v) is 3.94. The lowest BCUT2D eigenvalue weighted by Gasteiger charge is -2.11. The lowest BCUT2D eigenvalue weighted by atomic mass is 10.1. The quantitative estimate of drug-likeness (QED) is 0.558. The molecule has 3 rings (SSSR count). The Balaban J connectivity index is 1.81. The first kappa shape index (κ1) is 16.0. The minimum Gasteiger partial charge on any atom is -0.459 e. The van der Waals surface area contributed by atoms with Crippen LogP contribution in [-0.4, -0.2) is 10.8 Å². The molecular weight excluding hydrogens is 332 g/mol. The van der Waals surface area contributed by atoms with Gasteiger partial charge in [0.25, 0.3) is 11.6 Å². The summed E-state index contributed by atoms with van der Waals surface area (Å²) < 4.78 is 5.70. The standard InChI is InChI=1S/C17H13ClN2O4/c1-10(16-9-11-4-2-3-5-15(11)24-16)19-17(21)12-6-7-13(18)14(8-12)20(22)23/h2-10H,1H3,(H,19,21). The molecule has 1 aromatic heterocycles. The van der Waals surface area contributed by atoms with E-state index >= 15 is 0 Å². The van der Waals surface area contributed by atoms with Crippen LogP contribution < -0.4 is 5.32 Å². The number of para-hydroxylation sites is 1. The topological polar surface area (TPSA) is 85.4 Å². The Morgan fingerprint density at radius 1 is 1.25 bits per heavy atom. The Bertz CT molecular complexity index is 902. The molecule has 1 unspecified atom stereocenters. The van der Waals surface area contributed by atoms with Crippen molar-refractivity contribution in [1.29, 1.82) is 0 Å². The van der Waals surface area contributed by atoms with E-state index in [9.17, 15) is 14.9 Å². The average molecular weight is 345 g/mol. The summed E-state index contributed by atoms with van der Waals surface area (Å²) in [7, 11) is 0. The molecule has 0 aliphatic rings. The number of rotatable bonds is 4. The fourth-order valence-electron chi connectivity index (χ4n) is 2.36. The second-order valence-electron chi connectivity index (χ2n) is 5.31. The molecule has 1 amide bonds. The highest BCUT2D eigenvalue weighted by Gasteiger charge is 2.19. The number of amides is 1. The van der Waals surface area contributed by atoms with Crippen LogP contribution in [0.1, 0.15) is 29.1 Å². The SMILES string of the molecule is CC(NC(=O)c1ccc(Cl)c([N+](=O)[O-])c1)c1cc2ccccc2o1. The van der Waals surface area contributed by atoms with Gasteiger partial charge in [-0.2, -0.15) is 0 Å². The zero-order valence-electron chi connectivity index (χ0n) is 12.7. The van der Waals surface area contributed by atoms with Crippen LogP contribution in [-0.2, 0) is 0 Å². The number of nitrogens with one attached hydrogen (secondary N) is 1. The van der Waals surface area contributed by atoms with Gasteiger partial charge in [0.15, 0.2) is 0 Å². The molecule has 3 aromatic rings. The lowest BCUT2D eigenvalue weighted by Crippen LogP contribution is -2.26. The number of fused-ring (bicyclic) bond motifs is 1. The molecule has 0 bridgehead atoms. The number of furan rings is 1. The van der Waals surface area contributed by atoms with Gasteiger partial charge in [-0.3, -0.25) is 14.9 Å². The fourth-order valence-corrected chi connectivity index (χ4v) is 2.55. The Kier molecular flexibility index (Phi) is 4.22. The maximum Gasteiger partial charge on any atom is 0.288 e. The number of carbonyl (C=O) groups is 1. The first-order valence-electron chi connectivity index (χ1n) is 7.19. The third kappa shape index (κ3) is 3.09. The maximum atomic E-state index is 12.3. The molecule has 2 aromatic carbocycles. The van der Waals surface area contributed by atoms with Crippen molar-refractivity contribution in [3.8, 4) is 0 Å². The zero-order chi connectivity index (χ0) is 17.3. The van der Waals surface area contributed by atoms with E-state index in [0.29, 0.717) is 5.76 Å². The third-order valence-electron chi connectivity index (χ3n) is 3.62. The van der Waals surface area contributed by atoms with Crippen LogP contribution in [0.5, 0.6) is 0 Å². The molecule has 0 fully saturated rings. The van der Waals surface area contributed by atoms with Gasteiger partial charge in [-0.25, -0.2) is 0 Å². The number of halogens is 1. The molecule has 1 atom stereocenters. The summed E-state index contributed by atoms with van der Waals surface area (Å²) in [6.45, 7) is 1.78. The van der Waals surface area contributed by atoms with Gasteiger partial charge in [-0.1, -0.05) is 29.8 Å². The molecule has 1 N–H and O–H groups in total. The van der Waals surface area contributed by atoms with Crippen molar-refractivity contribution < 1.29 is 14.1 Å². The fraction of sp³-hybridized carbons (Fsp3) is 0.118. The van der Waals surface area contributed by atoms with Crippen LogP contribution in [0.15, 0.2) is 52.9 Å². The van der Waals surface area contributed by atoms with Crippen molar-refractivity contribution in [2.45, 2.75) is 13.0 Å². The number of nitro benzene ring substituents is 1. The summed E-state index contributed by atoms with van der Waals surface area (Å²) in [5, 5.41) is 14.6. The van der Waals surface area contributed by atoms with E-state index in [1.807, 2.05) is 30.3 Å². The molecule has 122 valence electrons. The Labute approximate surface area is 142 Å². The van der Waals surface area contributed by atoms with Gasteiger partial charge in [0.2, 0.25) is 0 Å². The first-order valence-corrected chi connectivity index (χ1v) is 7.57. The second-order valence-corrected chi connectivity index (χ2v) is 5.71. The van der Waals surface area contributed by atoms with Crippen molar-refractivity contribution in [1.82, 2.24) is 5.32 Å². The first-order chi connectivity index (χ1) is 11.5. The Hall–Kier alpha value is -2.86. The van der Waals surface area contributed by atoms with Crippen LogP contribution >= 0.6 is 11.6 Å². The second kappa shape index (κ2) is 6.33. The van der Waals surface area contributed by atoms with Crippen molar-refractivity contribution in [3.05, 3.63) is 75.0 Å². The minimum absolute atomic E-state index is 0.0121. The summed E-state index contributed by atoms with van der Waals surface area (Å²) in [6, 6.07) is 12.9. The molecule has 0 spiro atoms. The van der Waals surface area contributed by atoms with Gasteiger partial charge in [0.1, 0.15) is 16.4 Å². The van der Waals surface area contributed by atoms with E-state index in [4.69, 9.17) is 16.0 Å². The molecule has 7 heteroatoms. The van der Waals surface area contributed by atoms with Crippen molar-refractivity contribution in [2.24, 2.45) is 0 Å². The molecule has 1 heterocycles. The predicted octanol–water partition coefficient (Wildman–Crippen LogP) is 4.49. The number of benzene rings is 2. The van der Waals surface area contributed by atoms with E-state index in [2.05, 4.69) is 5.32 Å². The van der Waals surface area contributed by atoms with E-state index < -0.39 is 10.8 Å². The van der Waals surface area contributed by atoms with Crippen LogP contribution in [0, 0.1) is 10.1 Å². The molecule has 0 radical (unpaired) electrons. The summed E-state index contributed by atoms with van der Waals surface area (Å²) in [6.07, 6.45) is 0. The normalized spacial score (nSPS) is 12.1. The van der Waals surface area contributed by atoms with Crippen molar-refractivity contribution in [3.63, 3.8) is 0 Å². The molecule has 0 aliphatic carbocycles. The van der Waals surface area contributed by atoms with Crippen LogP contribution in [0.25, 0.3) is 11.0 Å². The number of nitrogens with zero attached hydrogens (tertiary/aromatic N) is 1. The number of nitro groups is 1. The minimum atomic E-state index is -0.623. The summed E-state index contributed by atoms with van der Waals surface area (Å²) in [4.78, 5) is 22.6. The molecule has 6 nitrogen and oxygen atoms in total. The Morgan fingerprint density at radius 3 is 2.71 bits per heavy atom. The van der Waals surface area contributed by atoms with Gasteiger partial charge in [0.05, 0.1) is 11.0 Å². The van der Waals surface area contributed by atoms with E-state index in [1.54, 1.807) is 6.92 Å². The van der Waals surface area contributed by atoms with Gasteiger partial charge < -0.3 is 9.73 Å².